The number of rotatable bonds is 5. The Balaban J connectivity index is 2.03. The Morgan fingerprint density at radius 1 is 1.31 bits per heavy atom. The molecule has 0 aliphatic carbocycles. The summed E-state index contributed by atoms with van der Waals surface area (Å²) in [4.78, 5) is 15.3. The molecule has 2 heterocycles. The molecule has 26 heavy (non-hydrogen) atoms. The molecule has 0 aliphatic heterocycles. The van der Waals surface area contributed by atoms with Crippen LogP contribution >= 0.6 is 0 Å². The van der Waals surface area contributed by atoms with Gasteiger partial charge in [-0.05, 0) is 35.9 Å². The lowest BCUT2D eigenvalue weighted by atomic mass is 10.2. The van der Waals surface area contributed by atoms with E-state index in [2.05, 4.69) is 4.98 Å². The molecular formula is C17H15N3O5S. The molecule has 2 N–H and O–H groups in total. The second kappa shape index (κ2) is 6.98. The van der Waals surface area contributed by atoms with E-state index in [0.29, 0.717) is 16.7 Å². The smallest absolute Gasteiger partial charge is 0.269 e. The van der Waals surface area contributed by atoms with Gasteiger partial charge < -0.3 is 4.74 Å². The van der Waals surface area contributed by atoms with E-state index in [1.165, 1.54) is 43.2 Å². The SMILES string of the molecule is COc1cccc(S(=O)(=O)n2ccc3cc(/C=C/C(=O)NO)cnc32)c1. The van der Waals surface area contributed by atoms with Crippen molar-refractivity contribution in [3.8, 4) is 5.75 Å². The molecule has 0 fully saturated rings. The van der Waals surface area contributed by atoms with Gasteiger partial charge in [0.05, 0.1) is 12.0 Å². The number of aromatic nitrogens is 2. The van der Waals surface area contributed by atoms with Crippen molar-refractivity contribution >= 4 is 33.0 Å². The number of pyridine rings is 1. The van der Waals surface area contributed by atoms with Crippen LogP contribution in [0.25, 0.3) is 17.1 Å². The second-order valence-electron chi connectivity index (χ2n) is 5.29. The lowest BCUT2D eigenvalue weighted by Gasteiger charge is -2.08. The van der Waals surface area contributed by atoms with Crippen LogP contribution in [0.15, 0.2) is 59.8 Å². The van der Waals surface area contributed by atoms with Gasteiger partial charge in [0, 0.05) is 29.9 Å². The Morgan fingerprint density at radius 2 is 2.12 bits per heavy atom. The molecule has 2 aromatic heterocycles. The van der Waals surface area contributed by atoms with Crippen LogP contribution in [0.5, 0.6) is 5.75 Å². The summed E-state index contributed by atoms with van der Waals surface area (Å²) in [7, 11) is -2.38. The third-order valence-electron chi connectivity index (χ3n) is 3.65. The molecule has 1 amide bonds. The van der Waals surface area contributed by atoms with Crippen molar-refractivity contribution in [3.05, 3.63) is 60.4 Å². The highest BCUT2D eigenvalue weighted by Crippen LogP contribution is 2.24. The number of nitrogens with one attached hydrogen (secondary N) is 1. The zero-order valence-corrected chi connectivity index (χ0v) is 14.5. The summed E-state index contributed by atoms with van der Waals surface area (Å²) in [5.74, 6) is -0.242. The van der Waals surface area contributed by atoms with E-state index in [0.717, 1.165) is 10.0 Å². The van der Waals surface area contributed by atoms with Crippen LogP contribution in [-0.2, 0) is 14.8 Å². The molecule has 134 valence electrons. The summed E-state index contributed by atoms with van der Waals surface area (Å²) < 4.78 is 31.9. The fraction of sp³-hybridized carbons (Fsp3) is 0.0588. The van der Waals surface area contributed by atoms with Gasteiger partial charge in [-0.1, -0.05) is 6.07 Å². The third kappa shape index (κ3) is 3.30. The van der Waals surface area contributed by atoms with E-state index in [1.54, 1.807) is 24.3 Å². The predicted molar refractivity (Wildman–Crippen MR) is 94.3 cm³/mol. The first-order valence-electron chi connectivity index (χ1n) is 7.44. The Labute approximate surface area is 149 Å². The molecule has 0 unspecified atom stereocenters. The van der Waals surface area contributed by atoms with E-state index in [9.17, 15) is 13.2 Å². The Kier molecular flexibility index (Phi) is 4.74. The average Bonchev–Trinajstić information content (AvgIpc) is 3.10. The van der Waals surface area contributed by atoms with Crippen LogP contribution < -0.4 is 10.2 Å². The van der Waals surface area contributed by atoms with E-state index < -0.39 is 15.9 Å². The number of hydroxylamine groups is 1. The topological polar surface area (TPSA) is 111 Å². The molecule has 8 nitrogen and oxygen atoms in total. The molecule has 0 atom stereocenters. The first-order chi connectivity index (χ1) is 12.5. The van der Waals surface area contributed by atoms with E-state index >= 15 is 0 Å². The maximum Gasteiger partial charge on any atom is 0.269 e. The van der Waals surface area contributed by atoms with Crippen molar-refractivity contribution in [2.45, 2.75) is 4.90 Å². The number of nitrogens with zero attached hydrogens (tertiary/aromatic N) is 2. The van der Waals surface area contributed by atoms with Crippen molar-refractivity contribution in [2.24, 2.45) is 0 Å². The molecule has 3 aromatic rings. The second-order valence-corrected chi connectivity index (χ2v) is 7.10. The van der Waals surface area contributed by atoms with Gasteiger partial charge in [-0.2, -0.15) is 0 Å². The van der Waals surface area contributed by atoms with E-state index in [4.69, 9.17) is 9.94 Å². The number of ether oxygens (including phenoxy) is 1. The number of fused-ring (bicyclic) bond motifs is 1. The summed E-state index contributed by atoms with van der Waals surface area (Å²) in [5, 5.41) is 9.06. The molecule has 0 bridgehead atoms. The fourth-order valence-corrected chi connectivity index (χ4v) is 3.73. The number of benzene rings is 1. The molecule has 0 aliphatic rings. The van der Waals surface area contributed by atoms with Gasteiger partial charge in [0.2, 0.25) is 0 Å². The Morgan fingerprint density at radius 3 is 2.85 bits per heavy atom. The quantitative estimate of drug-likeness (QED) is 0.401. The minimum absolute atomic E-state index is 0.0831. The van der Waals surface area contributed by atoms with Gasteiger partial charge >= 0.3 is 0 Å². The monoisotopic (exact) mass is 373 g/mol. The molecule has 3 rings (SSSR count). The van der Waals surface area contributed by atoms with Crippen molar-refractivity contribution in [1.29, 1.82) is 0 Å². The lowest BCUT2D eigenvalue weighted by molar-refractivity contribution is -0.124. The van der Waals surface area contributed by atoms with Gasteiger partial charge in [-0.15, -0.1) is 0 Å². The number of amides is 1. The van der Waals surface area contributed by atoms with Crippen molar-refractivity contribution in [2.75, 3.05) is 7.11 Å². The number of carbonyl (C=O) groups excluding carboxylic acids is 1. The van der Waals surface area contributed by atoms with Crippen molar-refractivity contribution in [3.63, 3.8) is 0 Å². The third-order valence-corrected chi connectivity index (χ3v) is 5.31. The summed E-state index contributed by atoms with van der Waals surface area (Å²) >= 11 is 0. The van der Waals surface area contributed by atoms with Gasteiger partial charge in [-0.3, -0.25) is 10.0 Å². The molecule has 9 heteroatoms. The maximum absolute atomic E-state index is 12.9. The summed E-state index contributed by atoms with van der Waals surface area (Å²) in [6.45, 7) is 0. The van der Waals surface area contributed by atoms with Gasteiger partial charge in [0.15, 0.2) is 5.65 Å². The lowest BCUT2D eigenvalue weighted by Crippen LogP contribution is -2.14. The normalized spacial score (nSPS) is 11.8. The standard InChI is InChI=1S/C17H15N3O5S/c1-25-14-3-2-4-15(10-14)26(23,24)20-8-7-13-9-12(11-18-17(13)20)5-6-16(21)19-22/h2-11,22H,1H3,(H,19,21)/b6-5+. The molecular weight excluding hydrogens is 358 g/mol. The summed E-state index contributed by atoms with van der Waals surface area (Å²) in [6.07, 6.45) is 5.43. The van der Waals surface area contributed by atoms with Crippen LogP contribution in [0.3, 0.4) is 0 Å². The minimum atomic E-state index is -3.84. The predicted octanol–water partition coefficient (Wildman–Crippen LogP) is 1.80. The van der Waals surface area contributed by atoms with Crippen molar-refractivity contribution in [1.82, 2.24) is 14.4 Å². The summed E-state index contributed by atoms with van der Waals surface area (Å²) in [5.41, 5.74) is 2.33. The van der Waals surface area contributed by atoms with Crippen LogP contribution in [0.2, 0.25) is 0 Å². The summed E-state index contributed by atoms with van der Waals surface area (Å²) in [6, 6.07) is 9.47. The largest absolute Gasteiger partial charge is 0.497 e. The van der Waals surface area contributed by atoms with Crippen molar-refractivity contribution < 1.29 is 23.2 Å². The highest BCUT2D eigenvalue weighted by atomic mass is 32.2. The number of hydrogen-bond acceptors (Lipinski definition) is 6. The maximum atomic E-state index is 12.9. The van der Waals surface area contributed by atoms with E-state index in [1.807, 2.05) is 0 Å². The zero-order chi connectivity index (χ0) is 18.7. The molecule has 0 spiro atoms. The zero-order valence-electron chi connectivity index (χ0n) is 13.7. The molecule has 0 saturated carbocycles. The number of methoxy groups -OCH3 is 1. The average molecular weight is 373 g/mol. The fourth-order valence-electron chi connectivity index (χ4n) is 2.39. The minimum Gasteiger partial charge on any atom is -0.497 e. The molecule has 0 saturated heterocycles. The highest BCUT2D eigenvalue weighted by Gasteiger charge is 2.20. The van der Waals surface area contributed by atoms with Gasteiger partial charge in [-0.25, -0.2) is 22.9 Å². The first-order valence-corrected chi connectivity index (χ1v) is 8.88. The van der Waals surface area contributed by atoms with Crippen LogP contribution in [0.4, 0.5) is 0 Å². The van der Waals surface area contributed by atoms with Gasteiger partial charge in [0.25, 0.3) is 15.9 Å². The number of hydrogen-bond donors (Lipinski definition) is 2. The van der Waals surface area contributed by atoms with Crippen LogP contribution in [0, 0.1) is 0 Å². The Bertz CT molecular complexity index is 1100. The van der Waals surface area contributed by atoms with Crippen LogP contribution in [-0.4, -0.2) is 35.6 Å². The van der Waals surface area contributed by atoms with E-state index in [-0.39, 0.29) is 10.5 Å². The first kappa shape index (κ1) is 17.6. The van der Waals surface area contributed by atoms with Gasteiger partial charge in [0.1, 0.15) is 5.75 Å². The van der Waals surface area contributed by atoms with Crippen LogP contribution in [0.1, 0.15) is 5.56 Å². The molecule has 1 aromatic carbocycles. The Hall–Kier alpha value is -3.17. The number of carbonyl (C=O) groups is 1. The molecule has 0 radical (unpaired) electrons. The highest BCUT2D eigenvalue weighted by molar-refractivity contribution is 7.90.